The number of nitrogens with one attached hydrogen (secondary N) is 2. The van der Waals surface area contributed by atoms with Crippen LogP contribution in [-0.2, 0) is 6.54 Å². The van der Waals surface area contributed by atoms with Gasteiger partial charge in [0.1, 0.15) is 0 Å². The van der Waals surface area contributed by atoms with Gasteiger partial charge in [-0.1, -0.05) is 41.1 Å². The van der Waals surface area contributed by atoms with Crippen molar-refractivity contribution in [2.75, 3.05) is 23.3 Å². The first-order valence-electron chi connectivity index (χ1n) is 8.74. The Balaban J connectivity index is 1.50. The molecule has 0 saturated carbocycles. The van der Waals surface area contributed by atoms with Crippen LogP contribution in [0.3, 0.4) is 0 Å². The van der Waals surface area contributed by atoms with Gasteiger partial charge in [-0.05, 0) is 66.9 Å². The predicted molar refractivity (Wildman–Crippen MR) is 114 cm³/mol. The molecule has 1 aliphatic heterocycles. The number of anilines is 2. The molecule has 0 bridgehead atoms. The molecule has 3 nitrogen and oxygen atoms in total. The van der Waals surface area contributed by atoms with E-state index in [1.807, 2.05) is 24.3 Å². The SMILES string of the molecule is C[C@H]1CCCN(c2ccc(CNC(=S)Nc3cccc(Br)c3)cc2)C1. The molecule has 5 heteroatoms. The summed E-state index contributed by atoms with van der Waals surface area (Å²) in [7, 11) is 0. The zero-order chi connectivity index (χ0) is 17.6. The lowest BCUT2D eigenvalue weighted by Crippen LogP contribution is -2.34. The fourth-order valence-corrected chi connectivity index (χ4v) is 3.76. The molecule has 2 aromatic rings. The molecule has 0 spiro atoms. The Kier molecular flexibility index (Phi) is 6.32. The highest BCUT2D eigenvalue weighted by Crippen LogP contribution is 2.23. The fraction of sp³-hybridized carbons (Fsp3) is 0.350. The van der Waals surface area contributed by atoms with Gasteiger partial charge in [-0.2, -0.15) is 0 Å². The van der Waals surface area contributed by atoms with Crippen molar-refractivity contribution in [2.45, 2.75) is 26.3 Å². The van der Waals surface area contributed by atoms with Gasteiger partial charge in [-0.3, -0.25) is 0 Å². The molecule has 0 aliphatic carbocycles. The summed E-state index contributed by atoms with van der Waals surface area (Å²) in [5, 5.41) is 7.10. The van der Waals surface area contributed by atoms with Crippen LogP contribution in [0.15, 0.2) is 53.0 Å². The number of halogens is 1. The molecule has 132 valence electrons. The van der Waals surface area contributed by atoms with E-state index in [0.717, 1.165) is 29.2 Å². The highest BCUT2D eigenvalue weighted by Gasteiger charge is 2.16. The Labute approximate surface area is 163 Å². The van der Waals surface area contributed by atoms with Crippen LogP contribution < -0.4 is 15.5 Å². The monoisotopic (exact) mass is 417 g/mol. The third kappa shape index (κ3) is 5.44. The van der Waals surface area contributed by atoms with Crippen molar-refractivity contribution < 1.29 is 0 Å². The summed E-state index contributed by atoms with van der Waals surface area (Å²) < 4.78 is 1.03. The lowest BCUT2D eigenvalue weighted by molar-refractivity contribution is 0.447. The summed E-state index contributed by atoms with van der Waals surface area (Å²) in [6, 6.07) is 16.8. The number of thiocarbonyl (C=S) groups is 1. The summed E-state index contributed by atoms with van der Waals surface area (Å²) in [5.74, 6) is 0.788. The lowest BCUT2D eigenvalue weighted by atomic mass is 9.99. The maximum Gasteiger partial charge on any atom is 0.171 e. The van der Waals surface area contributed by atoms with E-state index >= 15 is 0 Å². The highest BCUT2D eigenvalue weighted by atomic mass is 79.9. The fourth-order valence-electron chi connectivity index (χ4n) is 3.17. The summed E-state index contributed by atoms with van der Waals surface area (Å²) in [6.07, 6.45) is 2.64. The number of nitrogens with zero attached hydrogens (tertiary/aromatic N) is 1. The van der Waals surface area contributed by atoms with E-state index in [1.165, 1.54) is 30.6 Å². The van der Waals surface area contributed by atoms with Crippen molar-refractivity contribution in [3.05, 3.63) is 58.6 Å². The third-order valence-corrected chi connectivity index (χ3v) is 5.23. The van der Waals surface area contributed by atoms with Crippen LogP contribution in [0.5, 0.6) is 0 Å². The molecule has 1 atom stereocenters. The van der Waals surface area contributed by atoms with E-state index < -0.39 is 0 Å². The number of benzene rings is 2. The second-order valence-corrected chi connectivity index (χ2v) is 8.00. The van der Waals surface area contributed by atoms with Crippen molar-refractivity contribution in [3.8, 4) is 0 Å². The molecule has 25 heavy (non-hydrogen) atoms. The maximum atomic E-state index is 5.37. The van der Waals surface area contributed by atoms with Crippen LogP contribution in [0.1, 0.15) is 25.3 Å². The van der Waals surface area contributed by atoms with Gasteiger partial charge in [-0.25, -0.2) is 0 Å². The molecule has 0 radical (unpaired) electrons. The average Bonchev–Trinajstić information content (AvgIpc) is 2.60. The molecule has 2 N–H and O–H groups in total. The molecule has 1 saturated heterocycles. The largest absolute Gasteiger partial charge is 0.371 e. The lowest BCUT2D eigenvalue weighted by Gasteiger charge is -2.32. The molecular weight excluding hydrogens is 394 g/mol. The van der Waals surface area contributed by atoms with Crippen molar-refractivity contribution in [2.24, 2.45) is 5.92 Å². The number of hydrogen-bond acceptors (Lipinski definition) is 2. The van der Waals surface area contributed by atoms with Crippen molar-refractivity contribution in [1.29, 1.82) is 0 Å². The molecule has 0 unspecified atom stereocenters. The second-order valence-electron chi connectivity index (χ2n) is 6.68. The van der Waals surface area contributed by atoms with Crippen LogP contribution >= 0.6 is 28.1 Å². The van der Waals surface area contributed by atoms with Gasteiger partial charge in [0.05, 0.1) is 0 Å². The zero-order valence-electron chi connectivity index (χ0n) is 14.5. The standard InChI is InChI=1S/C20H24BrN3S/c1-15-4-3-11-24(14-15)19-9-7-16(8-10-19)13-22-20(25)23-18-6-2-5-17(21)12-18/h2,5-10,12,15H,3-4,11,13-14H2,1H3,(H2,22,23,25)/t15-/m0/s1. The van der Waals surface area contributed by atoms with Crippen LogP contribution in [0.4, 0.5) is 11.4 Å². The molecule has 0 amide bonds. The second kappa shape index (κ2) is 8.68. The molecule has 0 aromatic heterocycles. The minimum absolute atomic E-state index is 0.632. The molecule has 2 aromatic carbocycles. The quantitative estimate of drug-likeness (QED) is 0.670. The van der Waals surface area contributed by atoms with E-state index in [-0.39, 0.29) is 0 Å². The normalized spacial score (nSPS) is 17.2. The van der Waals surface area contributed by atoms with Gasteiger partial charge >= 0.3 is 0 Å². The van der Waals surface area contributed by atoms with Gasteiger partial charge in [-0.15, -0.1) is 0 Å². The van der Waals surface area contributed by atoms with Crippen LogP contribution in [-0.4, -0.2) is 18.2 Å². The van der Waals surface area contributed by atoms with Gasteiger partial charge in [0.2, 0.25) is 0 Å². The molecule has 3 rings (SSSR count). The first-order valence-corrected chi connectivity index (χ1v) is 9.94. The smallest absolute Gasteiger partial charge is 0.171 e. The maximum absolute atomic E-state index is 5.37. The summed E-state index contributed by atoms with van der Waals surface area (Å²) in [5.41, 5.74) is 3.53. The molecule has 1 aliphatic rings. The van der Waals surface area contributed by atoms with Crippen LogP contribution in [0, 0.1) is 5.92 Å². The predicted octanol–water partition coefficient (Wildman–Crippen LogP) is 5.17. The van der Waals surface area contributed by atoms with E-state index in [2.05, 4.69) is 62.7 Å². The van der Waals surface area contributed by atoms with Gasteiger partial charge in [0, 0.05) is 35.5 Å². The summed E-state index contributed by atoms with van der Waals surface area (Å²) in [6.45, 7) is 5.39. The first-order chi connectivity index (χ1) is 12.1. The molecular formula is C20H24BrN3S. The van der Waals surface area contributed by atoms with Crippen LogP contribution in [0.2, 0.25) is 0 Å². The van der Waals surface area contributed by atoms with E-state index in [9.17, 15) is 0 Å². The summed E-state index contributed by atoms with van der Waals surface area (Å²) >= 11 is 8.84. The minimum atomic E-state index is 0.632. The van der Waals surface area contributed by atoms with Gasteiger partial charge < -0.3 is 15.5 Å². The Hall–Kier alpha value is -1.59. The topological polar surface area (TPSA) is 27.3 Å². The Bertz CT molecular complexity index is 717. The molecule has 1 heterocycles. The Morgan fingerprint density at radius 3 is 2.76 bits per heavy atom. The Morgan fingerprint density at radius 2 is 2.04 bits per heavy atom. The van der Waals surface area contributed by atoms with E-state index in [0.29, 0.717) is 5.11 Å². The summed E-state index contributed by atoms with van der Waals surface area (Å²) in [4.78, 5) is 2.49. The number of hydrogen-bond donors (Lipinski definition) is 2. The first kappa shape index (κ1) is 18.2. The number of piperidine rings is 1. The van der Waals surface area contributed by atoms with Crippen molar-refractivity contribution in [1.82, 2.24) is 5.32 Å². The van der Waals surface area contributed by atoms with E-state index in [1.54, 1.807) is 0 Å². The van der Waals surface area contributed by atoms with Crippen molar-refractivity contribution in [3.63, 3.8) is 0 Å². The highest BCUT2D eigenvalue weighted by molar-refractivity contribution is 9.10. The van der Waals surface area contributed by atoms with Gasteiger partial charge in [0.15, 0.2) is 5.11 Å². The van der Waals surface area contributed by atoms with Crippen LogP contribution in [0.25, 0.3) is 0 Å². The molecule has 1 fully saturated rings. The van der Waals surface area contributed by atoms with E-state index in [4.69, 9.17) is 12.2 Å². The Morgan fingerprint density at radius 1 is 1.24 bits per heavy atom. The number of rotatable bonds is 4. The average molecular weight is 418 g/mol. The third-order valence-electron chi connectivity index (χ3n) is 4.49. The zero-order valence-corrected chi connectivity index (χ0v) is 16.9. The minimum Gasteiger partial charge on any atom is -0.371 e. The van der Waals surface area contributed by atoms with Gasteiger partial charge in [0.25, 0.3) is 0 Å². The van der Waals surface area contributed by atoms with Crippen molar-refractivity contribution >= 4 is 44.6 Å².